The van der Waals surface area contributed by atoms with E-state index in [1.165, 1.54) is 0 Å². The Morgan fingerprint density at radius 2 is 2.29 bits per heavy atom. The Balaban J connectivity index is 2.04. The molecule has 1 fully saturated rings. The van der Waals surface area contributed by atoms with E-state index in [2.05, 4.69) is 11.1 Å². The summed E-state index contributed by atoms with van der Waals surface area (Å²) in [6.45, 7) is 4.45. The zero-order chi connectivity index (χ0) is 10.6. The van der Waals surface area contributed by atoms with Gasteiger partial charge in [-0.05, 0) is 0 Å². The summed E-state index contributed by atoms with van der Waals surface area (Å²) in [5, 5.41) is 0. The van der Waals surface area contributed by atoms with Crippen molar-refractivity contribution in [3.63, 3.8) is 0 Å². The van der Waals surface area contributed by atoms with Gasteiger partial charge in [0.2, 0.25) is 9.03 Å². The Labute approximate surface area is 83.5 Å². The average molecular weight is 220 g/mol. The van der Waals surface area contributed by atoms with Gasteiger partial charge in [0.1, 0.15) is 5.70 Å². The Kier molecular flexibility index (Phi) is 3.83. The molecule has 1 saturated heterocycles. The number of ether oxygens (including phenoxy) is 1. The van der Waals surface area contributed by atoms with Crippen LogP contribution in [-0.2, 0) is 18.6 Å². The van der Waals surface area contributed by atoms with Crippen LogP contribution in [0.2, 0.25) is 0 Å². The second-order valence-corrected chi connectivity index (χ2v) is 3.80. The normalized spacial score (nSPS) is 19.2. The Bertz CT molecular complexity index is 242. The number of carbonyl (C=O) groups is 1. The van der Waals surface area contributed by atoms with E-state index in [0.29, 0.717) is 19.8 Å². The van der Waals surface area contributed by atoms with Crippen molar-refractivity contribution in [1.29, 1.82) is 0 Å². The number of carbonyl (C=O) groups excluding carboxylic acids is 1. The molecule has 1 atom stereocenters. The summed E-state index contributed by atoms with van der Waals surface area (Å²) in [6, 6.07) is 0. The second kappa shape index (κ2) is 4.70. The first-order valence-electron chi connectivity index (χ1n) is 3.92. The fourth-order valence-corrected chi connectivity index (χ4v) is 1.37. The summed E-state index contributed by atoms with van der Waals surface area (Å²) in [5.41, 5.74) is 10.3. The van der Waals surface area contributed by atoms with Crippen LogP contribution in [-0.4, -0.2) is 31.3 Å². The lowest BCUT2D eigenvalue weighted by atomic mass is 10.0. The van der Waals surface area contributed by atoms with Gasteiger partial charge in [0, 0.05) is 0 Å². The van der Waals surface area contributed by atoms with Gasteiger partial charge < -0.3 is 25.3 Å². The smallest absolute Gasteiger partial charge is 0.357 e. The van der Waals surface area contributed by atoms with Crippen LogP contribution < -0.4 is 11.5 Å². The maximum absolute atomic E-state index is 10.8. The van der Waals surface area contributed by atoms with E-state index >= 15 is 0 Å². The highest BCUT2D eigenvalue weighted by Crippen LogP contribution is 2.21. The molecule has 1 unspecified atom stereocenters. The quantitative estimate of drug-likeness (QED) is 0.359. The van der Waals surface area contributed by atoms with Crippen LogP contribution in [0.25, 0.3) is 0 Å². The zero-order valence-electron chi connectivity index (χ0n) is 7.62. The zero-order valence-corrected chi connectivity index (χ0v) is 8.62. The molecule has 0 radical (unpaired) electrons. The molecule has 14 heavy (non-hydrogen) atoms. The Morgan fingerprint density at radius 3 is 2.71 bits per heavy atom. The highest BCUT2D eigenvalue weighted by Gasteiger charge is 2.34. The SMILES string of the molecule is C=C(N)C(=O)OPOCC1(N)COC1. The van der Waals surface area contributed by atoms with Gasteiger partial charge in [-0.1, -0.05) is 6.58 Å². The maximum Gasteiger partial charge on any atom is 0.357 e. The van der Waals surface area contributed by atoms with Gasteiger partial charge >= 0.3 is 5.97 Å². The van der Waals surface area contributed by atoms with Crippen molar-refractivity contribution in [2.45, 2.75) is 5.54 Å². The van der Waals surface area contributed by atoms with E-state index in [9.17, 15) is 4.79 Å². The largest absolute Gasteiger partial charge is 0.415 e. The molecular weight excluding hydrogens is 207 g/mol. The average Bonchev–Trinajstić information content (AvgIpc) is 2.09. The van der Waals surface area contributed by atoms with Crippen LogP contribution in [0.4, 0.5) is 0 Å². The monoisotopic (exact) mass is 220 g/mol. The number of hydrogen-bond acceptors (Lipinski definition) is 6. The van der Waals surface area contributed by atoms with E-state index in [-0.39, 0.29) is 5.70 Å². The molecule has 1 heterocycles. The third kappa shape index (κ3) is 3.23. The molecule has 1 rings (SSSR count). The van der Waals surface area contributed by atoms with E-state index in [1.54, 1.807) is 0 Å². The van der Waals surface area contributed by atoms with Crippen molar-refractivity contribution >= 4 is 15.0 Å². The lowest BCUT2D eigenvalue weighted by Crippen LogP contribution is -2.60. The van der Waals surface area contributed by atoms with Gasteiger partial charge in [-0.2, -0.15) is 0 Å². The number of rotatable bonds is 5. The molecule has 0 amide bonds. The van der Waals surface area contributed by atoms with Gasteiger partial charge in [0.25, 0.3) is 0 Å². The minimum absolute atomic E-state index is 0.143. The van der Waals surface area contributed by atoms with E-state index in [4.69, 9.17) is 20.7 Å². The first-order valence-corrected chi connectivity index (χ1v) is 4.74. The van der Waals surface area contributed by atoms with Crippen molar-refractivity contribution < 1.29 is 18.6 Å². The summed E-state index contributed by atoms with van der Waals surface area (Å²) in [5.74, 6) is -0.667. The summed E-state index contributed by atoms with van der Waals surface area (Å²) < 4.78 is 14.6. The summed E-state index contributed by atoms with van der Waals surface area (Å²) in [6.07, 6.45) is 0. The molecule has 0 spiro atoms. The predicted octanol–water partition coefficient (Wildman–Crippen LogP) is -0.745. The molecule has 1 aliphatic heterocycles. The van der Waals surface area contributed by atoms with Crippen LogP contribution >= 0.6 is 9.03 Å². The van der Waals surface area contributed by atoms with Crippen molar-refractivity contribution in [2.75, 3.05) is 19.8 Å². The highest BCUT2D eigenvalue weighted by molar-refractivity contribution is 7.27. The first kappa shape index (κ1) is 11.4. The third-order valence-corrected chi connectivity index (χ3v) is 2.13. The fourth-order valence-electron chi connectivity index (χ4n) is 0.754. The Morgan fingerprint density at radius 1 is 1.64 bits per heavy atom. The maximum atomic E-state index is 10.8. The van der Waals surface area contributed by atoms with Gasteiger partial charge in [0.05, 0.1) is 25.4 Å². The predicted molar refractivity (Wildman–Crippen MR) is 51.4 cm³/mol. The van der Waals surface area contributed by atoms with Crippen molar-refractivity contribution in [3.05, 3.63) is 12.3 Å². The topological polar surface area (TPSA) is 96.8 Å². The molecule has 0 aromatic rings. The molecule has 1 aliphatic rings. The van der Waals surface area contributed by atoms with E-state index < -0.39 is 20.5 Å². The molecule has 80 valence electrons. The van der Waals surface area contributed by atoms with Crippen molar-refractivity contribution in [3.8, 4) is 0 Å². The molecular formula is C7H13N2O4P. The molecule has 0 aromatic carbocycles. The standard InChI is InChI=1S/C7H13N2O4P/c1-5(8)6(10)13-14-12-4-7(9)2-11-3-7/h14H,1-4,8-9H2. The van der Waals surface area contributed by atoms with Gasteiger partial charge in [-0.25, -0.2) is 4.79 Å². The van der Waals surface area contributed by atoms with E-state index in [0.717, 1.165) is 0 Å². The third-order valence-electron chi connectivity index (χ3n) is 1.59. The minimum atomic E-state index is -0.667. The summed E-state index contributed by atoms with van der Waals surface area (Å²) in [7, 11) is -0.410. The fraction of sp³-hybridized carbons (Fsp3) is 0.571. The van der Waals surface area contributed by atoms with Gasteiger partial charge in [-0.15, -0.1) is 0 Å². The summed E-state index contributed by atoms with van der Waals surface area (Å²) >= 11 is 0. The molecule has 0 aliphatic carbocycles. The summed E-state index contributed by atoms with van der Waals surface area (Å²) in [4.78, 5) is 10.8. The van der Waals surface area contributed by atoms with E-state index in [1.807, 2.05) is 0 Å². The van der Waals surface area contributed by atoms with Crippen LogP contribution in [0, 0.1) is 0 Å². The van der Waals surface area contributed by atoms with Crippen molar-refractivity contribution in [1.82, 2.24) is 0 Å². The first-order chi connectivity index (χ1) is 6.53. The van der Waals surface area contributed by atoms with Gasteiger partial charge in [-0.3, -0.25) is 0 Å². The highest BCUT2D eigenvalue weighted by atomic mass is 31.1. The number of nitrogens with two attached hydrogens (primary N) is 2. The molecule has 7 heteroatoms. The van der Waals surface area contributed by atoms with Crippen LogP contribution in [0.3, 0.4) is 0 Å². The second-order valence-electron chi connectivity index (χ2n) is 3.14. The van der Waals surface area contributed by atoms with Gasteiger partial charge in [0.15, 0.2) is 0 Å². The minimum Gasteiger partial charge on any atom is -0.415 e. The lowest BCUT2D eigenvalue weighted by molar-refractivity contribution is -0.130. The lowest BCUT2D eigenvalue weighted by Gasteiger charge is -2.36. The van der Waals surface area contributed by atoms with Crippen LogP contribution in [0.5, 0.6) is 0 Å². The molecule has 0 aromatic heterocycles. The molecule has 6 nitrogen and oxygen atoms in total. The molecule has 0 saturated carbocycles. The van der Waals surface area contributed by atoms with Crippen molar-refractivity contribution in [2.24, 2.45) is 11.5 Å². The number of hydrogen-bond donors (Lipinski definition) is 2. The van der Waals surface area contributed by atoms with Crippen LogP contribution in [0.1, 0.15) is 0 Å². The van der Waals surface area contributed by atoms with Crippen LogP contribution in [0.15, 0.2) is 12.3 Å². The Hall–Kier alpha value is -0.680. The molecule has 4 N–H and O–H groups in total. The molecule has 0 bridgehead atoms.